The number of amides is 11. The number of aliphatic hydroxyl groups is 1. The molecule has 2 heterocycles. The Bertz CT molecular complexity index is 3300. The molecule has 17 N–H and O–H groups in total. The zero-order valence-electron chi connectivity index (χ0n) is 58.4. The van der Waals surface area contributed by atoms with Gasteiger partial charge >= 0.3 is 17.9 Å². The lowest BCUT2D eigenvalue weighted by Gasteiger charge is -2.32. The van der Waals surface area contributed by atoms with Crippen LogP contribution < -0.4 is 58.9 Å². The number of aromatic amines is 1. The van der Waals surface area contributed by atoms with E-state index >= 15 is 0 Å². The summed E-state index contributed by atoms with van der Waals surface area (Å²) >= 11 is 1.44. The number of carboxylic acids is 3. The van der Waals surface area contributed by atoms with Crippen molar-refractivity contribution in [3.63, 3.8) is 0 Å². The Morgan fingerprint density at radius 1 is 0.515 bits per heavy atom. The van der Waals surface area contributed by atoms with Gasteiger partial charge in [-0.2, -0.15) is 11.8 Å². The molecule has 0 spiro atoms. The maximum absolute atomic E-state index is 14.4. The molecule has 34 nitrogen and oxygen atoms in total. The van der Waals surface area contributed by atoms with Crippen LogP contribution in [0.4, 0.5) is 5.69 Å². The zero-order valence-corrected chi connectivity index (χ0v) is 59.2. The fraction of sp³-hybridized carbons (Fsp3) is 0.576. The molecule has 0 aliphatic carbocycles. The van der Waals surface area contributed by atoms with Crippen LogP contribution >= 0.6 is 11.8 Å². The van der Waals surface area contributed by atoms with E-state index < -0.39 is 151 Å². The van der Waals surface area contributed by atoms with Crippen LogP contribution in [0.25, 0.3) is 10.9 Å². The van der Waals surface area contributed by atoms with Crippen molar-refractivity contribution in [2.45, 2.75) is 116 Å². The number of hydrogen-bond donors (Lipinski definition) is 16. The Labute approximate surface area is 590 Å². The van der Waals surface area contributed by atoms with Crippen LogP contribution in [0.1, 0.15) is 83.7 Å². The van der Waals surface area contributed by atoms with Gasteiger partial charge in [0.2, 0.25) is 59.1 Å². The molecule has 35 heteroatoms. The van der Waals surface area contributed by atoms with E-state index in [1.165, 1.54) is 43.0 Å². The molecule has 0 unspecified atom stereocenters. The number of fused-ring (bicyclic) bond motifs is 1. The van der Waals surface area contributed by atoms with Gasteiger partial charge in [-0.3, -0.25) is 86.7 Å². The first-order valence-corrected chi connectivity index (χ1v) is 34.7. The summed E-state index contributed by atoms with van der Waals surface area (Å²) in [5.41, 5.74) is 7.17. The van der Waals surface area contributed by atoms with Gasteiger partial charge < -0.3 is 84.3 Å². The molecule has 1 aromatic heterocycles. The van der Waals surface area contributed by atoms with E-state index in [1.807, 2.05) is 32.2 Å². The summed E-state index contributed by atoms with van der Waals surface area (Å²) in [6.45, 7) is 9.93. The van der Waals surface area contributed by atoms with E-state index in [-0.39, 0.29) is 127 Å². The van der Waals surface area contributed by atoms with Gasteiger partial charge in [0.1, 0.15) is 42.3 Å². The number of primary amides is 1. The van der Waals surface area contributed by atoms with Crippen LogP contribution in [-0.2, 0) is 68.7 Å². The summed E-state index contributed by atoms with van der Waals surface area (Å²) in [4.78, 5) is 193. The first-order valence-electron chi connectivity index (χ1n) is 33.3. The number of para-hydroxylation sites is 1. The summed E-state index contributed by atoms with van der Waals surface area (Å²) in [6.07, 6.45) is 3.86. The van der Waals surface area contributed by atoms with Gasteiger partial charge in [0, 0.05) is 87.1 Å². The Kier molecular flexibility index (Phi) is 35.6. The minimum atomic E-state index is -1.57. The highest BCUT2D eigenvalue weighted by Crippen LogP contribution is 2.20. The number of benzene rings is 2. The minimum Gasteiger partial charge on any atom is -0.480 e. The highest BCUT2D eigenvalue weighted by Gasteiger charge is 2.34. The van der Waals surface area contributed by atoms with Crippen LogP contribution in [0.2, 0.25) is 0 Å². The fourth-order valence-corrected chi connectivity index (χ4v) is 11.2. The third kappa shape index (κ3) is 30.6. The van der Waals surface area contributed by atoms with E-state index in [2.05, 4.69) is 58.2 Å². The fourth-order valence-electron chi connectivity index (χ4n) is 10.8. The molecule has 7 atom stereocenters. The van der Waals surface area contributed by atoms with E-state index in [4.69, 9.17) is 5.73 Å². The largest absolute Gasteiger partial charge is 0.480 e. The van der Waals surface area contributed by atoms with Crippen molar-refractivity contribution in [1.82, 2.24) is 72.4 Å². The summed E-state index contributed by atoms with van der Waals surface area (Å²) in [6, 6.07) is 3.93. The van der Waals surface area contributed by atoms with Crippen molar-refractivity contribution in [3.8, 4) is 0 Å². The monoisotopic (exact) mass is 1440 g/mol. The summed E-state index contributed by atoms with van der Waals surface area (Å²) in [5.74, 6) is -12.1. The number of nitrogens with two attached hydrogens (primary N) is 1. The SMILES string of the molecule is CSCC[C@H](NC(=O)[C@H](CC(C)C)NC(=O)[C@H](CO)NC(=O)CNC(=O)[C@@H](NC(=O)[C@H](C)NC(=O)[C@H](Cc1c[nH]c2ccccc12)NC(=O)[C@H](CC(C)C)NC(=O)c1ccc(NC(=O)CNC(=O)CN2CCN(CC(=O)O)CCN(CC(=O)O)CCN(CC(=O)O)CC2)cc1)C(C)C)C(N)=O. The average Bonchev–Trinajstić information content (AvgIpc) is 1.72. The second kappa shape index (κ2) is 42.7. The lowest BCUT2D eigenvalue weighted by molar-refractivity contribution is -0.140. The van der Waals surface area contributed by atoms with Crippen molar-refractivity contribution in [3.05, 3.63) is 65.9 Å². The number of hydrogen-bond acceptors (Lipinski definition) is 20. The molecule has 4 rings (SSSR count). The molecular formula is C66H100N16O18S. The van der Waals surface area contributed by atoms with Crippen molar-refractivity contribution >= 4 is 111 Å². The molecule has 101 heavy (non-hydrogen) atoms. The molecule has 1 aliphatic rings. The highest BCUT2D eigenvalue weighted by molar-refractivity contribution is 7.98. The van der Waals surface area contributed by atoms with Gasteiger partial charge in [0.05, 0.1) is 45.9 Å². The number of carbonyl (C=O) groups excluding carboxylic acids is 11. The topological polar surface area (TPSA) is 495 Å². The predicted molar refractivity (Wildman–Crippen MR) is 373 cm³/mol. The molecule has 11 amide bonds. The average molecular weight is 1440 g/mol. The molecule has 1 saturated heterocycles. The van der Waals surface area contributed by atoms with Crippen LogP contribution in [0.5, 0.6) is 0 Å². The van der Waals surface area contributed by atoms with Crippen molar-refractivity contribution in [1.29, 1.82) is 0 Å². The van der Waals surface area contributed by atoms with E-state index in [1.54, 1.807) is 65.6 Å². The van der Waals surface area contributed by atoms with Crippen molar-refractivity contribution in [2.75, 3.05) is 116 Å². The Hall–Kier alpha value is -9.29. The molecule has 1 aliphatic heterocycles. The van der Waals surface area contributed by atoms with Gasteiger partial charge in [0.15, 0.2) is 0 Å². The highest BCUT2D eigenvalue weighted by atomic mass is 32.2. The summed E-state index contributed by atoms with van der Waals surface area (Å²) in [5, 5.41) is 65.1. The second-order valence-electron chi connectivity index (χ2n) is 25.9. The third-order valence-corrected chi connectivity index (χ3v) is 16.8. The number of nitrogens with one attached hydrogen (secondary N) is 11. The van der Waals surface area contributed by atoms with E-state index in [9.17, 15) is 87.5 Å². The molecule has 0 radical (unpaired) electrons. The van der Waals surface area contributed by atoms with Crippen LogP contribution in [0, 0.1) is 17.8 Å². The first kappa shape index (κ1) is 84.1. The number of carbonyl (C=O) groups is 14. The number of thioether (sulfide) groups is 1. The third-order valence-electron chi connectivity index (χ3n) is 16.2. The van der Waals surface area contributed by atoms with Gasteiger partial charge in [-0.05, 0) is 91.8 Å². The molecule has 2 aromatic carbocycles. The Balaban J connectivity index is 1.39. The maximum atomic E-state index is 14.4. The van der Waals surface area contributed by atoms with Crippen molar-refractivity contribution < 1.29 is 87.5 Å². The first-order chi connectivity index (χ1) is 47.7. The molecule has 0 saturated carbocycles. The normalized spacial score (nSPS) is 15.7. The lowest BCUT2D eigenvalue weighted by Crippen LogP contribution is -2.59. The molecule has 558 valence electrons. The Morgan fingerprint density at radius 3 is 1.49 bits per heavy atom. The van der Waals surface area contributed by atoms with Gasteiger partial charge in [-0.25, -0.2) is 0 Å². The van der Waals surface area contributed by atoms with Gasteiger partial charge in [0.25, 0.3) is 5.91 Å². The zero-order chi connectivity index (χ0) is 75.0. The molecular weight excluding hydrogens is 1340 g/mol. The summed E-state index contributed by atoms with van der Waals surface area (Å²) < 4.78 is 0. The van der Waals surface area contributed by atoms with Gasteiger partial charge in [-0.1, -0.05) is 59.7 Å². The number of anilines is 1. The number of aliphatic hydroxyl groups excluding tert-OH is 1. The van der Waals surface area contributed by atoms with Crippen LogP contribution in [0.15, 0.2) is 54.7 Å². The maximum Gasteiger partial charge on any atom is 0.317 e. The number of carboxylic acid groups (broad SMARTS) is 3. The molecule has 1 fully saturated rings. The number of nitrogens with zero attached hydrogens (tertiary/aromatic N) is 4. The van der Waals surface area contributed by atoms with E-state index in [0.29, 0.717) is 11.3 Å². The molecule has 0 bridgehead atoms. The minimum absolute atomic E-state index is 0.0834. The van der Waals surface area contributed by atoms with Crippen LogP contribution in [0.3, 0.4) is 0 Å². The predicted octanol–water partition coefficient (Wildman–Crippen LogP) is -2.94. The number of H-pyrrole nitrogens is 1. The number of aromatic nitrogens is 1. The quantitative estimate of drug-likeness (QED) is 0.0272. The van der Waals surface area contributed by atoms with E-state index in [0.717, 1.165) is 10.9 Å². The lowest BCUT2D eigenvalue weighted by atomic mass is 10.00. The van der Waals surface area contributed by atoms with Crippen LogP contribution in [-0.4, -0.2) is 280 Å². The standard InChI is InChI=1S/C66H100N16O18S/c1-38(2)27-48(75-61(95)42-13-15-44(16-14-42)72-52(84)31-69-54(86)33-79-18-20-80(34-55(87)88)22-24-82(36-57(91)92)25-23-81(21-19-79)35-56(89)90)64(98)77-50(29-43-30-68-46-12-10-9-11-45(43)46)62(96)71-41(7)60(94)78-58(40(5)6)66(100)70-32-53(85)73-51(37-83)65(99)76-49(28-39(3)4)63(97)74-47(59(67)93)17-26-101-8/h9-16,30,38-41,47-51,58,68,83H,17-29,31-37H2,1-8H3,(H2,67,93)(H,69,86)(H,70,100)(H,71,96)(H,72,84)(H,73,85)(H,74,97)(H,75,95)(H,76,99)(H,77,98)(H,78,94)(H,87,88)(H,89,90)(H,91,92)/t41-,47-,48-,49-,50-,51-,58-/m0/s1. The molecule has 3 aromatic rings. The number of rotatable bonds is 39. The van der Waals surface area contributed by atoms with Crippen molar-refractivity contribution in [2.24, 2.45) is 23.5 Å². The second-order valence-corrected chi connectivity index (χ2v) is 26.9. The number of aliphatic carboxylic acids is 3. The Morgan fingerprint density at radius 2 is 0.990 bits per heavy atom. The smallest absolute Gasteiger partial charge is 0.317 e. The van der Waals surface area contributed by atoms with Gasteiger partial charge in [-0.15, -0.1) is 0 Å². The summed E-state index contributed by atoms with van der Waals surface area (Å²) in [7, 11) is 0.